The lowest BCUT2D eigenvalue weighted by Crippen LogP contribution is -2.45. The maximum absolute atomic E-state index is 12.6. The van der Waals surface area contributed by atoms with E-state index in [0.29, 0.717) is 11.7 Å². The average Bonchev–Trinajstić information content (AvgIpc) is 2.32. The van der Waals surface area contributed by atoms with Gasteiger partial charge in [-0.2, -0.15) is 0 Å². The topological polar surface area (TPSA) is 54.0 Å². The van der Waals surface area contributed by atoms with Gasteiger partial charge in [-0.3, -0.25) is 4.79 Å². The van der Waals surface area contributed by atoms with E-state index in [1.54, 1.807) is 0 Å². The van der Waals surface area contributed by atoms with Gasteiger partial charge >= 0.3 is 0 Å². The predicted octanol–water partition coefficient (Wildman–Crippen LogP) is 1.97. The van der Waals surface area contributed by atoms with E-state index in [1.165, 1.54) is 12.1 Å². The highest BCUT2D eigenvalue weighted by atomic mass is 35.5. The second kappa shape index (κ2) is 6.66. The largest absolute Gasteiger partial charge is 0.309 e. The molecule has 1 aliphatic heterocycles. The molecule has 6 heteroatoms. The molecule has 0 aliphatic carbocycles. The van der Waals surface area contributed by atoms with Gasteiger partial charge in [0.2, 0.25) is 5.91 Å². The number of hydrogen-bond donors (Lipinski definition) is 2. The molecule has 2 heterocycles. The SMILES string of the molecule is CC1CCNC(C(=O)Nc2ccc(F)cn2)C1.Cl. The summed E-state index contributed by atoms with van der Waals surface area (Å²) >= 11 is 0. The van der Waals surface area contributed by atoms with Crippen molar-refractivity contribution in [3.63, 3.8) is 0 Å². The molecule has 2 N–H and O–H groups in total. The van der Waals surface area contributed by atoms with Crippen LogP contribution in [0.5, 0.6) is 0 Å². The Hall–Kier alpha value is -1.20. The molecule has 18 heavy (non-hydrogen) atoms. The zero-order valence-corrected chi connectivity index (χ0v) is 11.0. The first kappa shape index (κ1) is 14.9. The van der Waals surface area contributed by atoms with Crippen molar-refractivity contribution < 1.29 is 9.18 Å². The maximum Gasteiger partial charge on any atom is 0.242 e. The number of amides is 1. The highest BCUT2D eigenvalue weighted by Crippen LogP contribution is 2.16. The van der Waals surface area contributed by atoms with Crippen LogP contribution in [0.3, 0.4) is 0 Å². The lowest BCUT2D eigenvalue weighted by Gasteiger charge is -2.27. The summed E-state index contributed by atoms with van der Waals surface area (Å²) in [5, 5.41) is 5.85. The van der Waals surface area contributed by atoms with E-state index < -0.39 is 5.82 Å². The third kappa shape index (κ3) is 3.92. The Morgan fingerprint density at radius 2 is 2.33 bits per heavy atom. The fourth-order valence-electron chi connectivity index (χ4n) is 1.97. The molecule has 1 aliphatic rings. The van der Waals surface area contributed by atoms with Crippen LogP contribution in [0, 0.1) is 11.7 Å². The normalized spacial score (nSPS) is 23.0. The summed E-state index contributed by atoms with van der Waals surface area (Å²) in [4.78, 5) is 15.7. The van der Waals surface area contributed by atoms with Crippen LogP contribution in [0.15, 0.2) is 18.3 Å². The van der Waals surface area contributed by atoms with Gasteiger partial charge in [-0.05, 0) is 37.4 Å². The van der Waals surface area contributed by atoms with Gasteiger partial charge in [0.15, 0.2) is 0 Å². The van der Waals surface area contributed by atoms with Crippen molar-refractivity contribution in [1.82, 2.24) is 10.3 Å². The minimum absolute atomic E-state index is 0. The van der Waals surface area contributed by atoms with Gasteiger partial charge in [0.1, 0.15) is 11.6 Å². The lowest BCUT2D eigenvalue weighted by atomic mass is 9.94. The number of anilines is 1. The number of piperidine rings is 1. The monoisotopic (exact) mass is 273 g/mol. The minimum Gasteiger partial charge on any atom is -0.309 e. The zero-order chi connectivity index (χ0) is 12.3. The summed E-state index contributed by atoms with van der Waals surface area (Å²) < 4.78 is 12.6. The fourth-order valence-corrected chi connectivity index (χ4v) is 1.97. The van der Waals surface area contributed by atoms with Crippen molar-refractivity contribution in [3.05, 3.63) is 24.1 Å². The number of carbonyl (C=O) groups excluding carboxylic acids is 1. The number of aromatic nitrogens is 1. The van der Waals surface area contributed by atoms with E-state index in [9.17, 15) is 9.18 Å². The van der Waals surface area contributed by atoms with Crippen molar-refractivity contribution in [1.29, 1.82) is 0 Å². The zero-order valence-electron chi connectivity index (χ0n) is 10.1. The molecule has 1 fully saturated rings. The van der Waals surface area contributed by atoms with E-state index in [4.69, 9.17) is 0 Å². The molecule has 0 aromatic carbocycles. The van der Waals surface area contributed by atoms with Crippen LogP contribution in [0.2, 0.25) is 0 Å². The molecule has 0 spiro atoms. The molecule has 0 bridgehead atoms. The van der Waals surface area contributed by atoms with Crippen molar-refractivity contribution >= 4 is 24.1 Å². The Morgan fingerprint density at radius 3 is 2.94 bits per heavy atom. The maximum atomic E-state index is 12.6. The predicted molar refractivity (Wildman–Crippen MR) is 70.3 cm³/mol. The van der Waals surface area contributed by atoms with Gasteiger partial charge in [-0.15, -0.1) is 12.4 Å². The number of rotatable bonds is 2. The van der Waals surface area contributed by atoms with Crippen molar-refractivity contribution in [3.8, 4) is 0 Å². The first-order valence-corrected chi connectivity index (χ1v) is 5.81. The quantitative estimate of drug-likeness (QED) is 0.866. The molecule has 1 aromatic rings. The standard InChI is InChI=1S/C12H16FN3O.ClH/c1-8-4-5-14-10(6-8)12(17)16-11-3-2-9(13)7-15-11;/h2-3,7-8,10,14H,4-6H2,1H3,(H,15,16,17);1H. The summed E-state index contributed by atoms with van der Waals surface area (Å²) in [5.41, 5.74) is 0. The van der Waals surface area contributed by atoms with E-state index >= 15 is 0 Å². The number of nitrogens with zero attached hydrogens (tertiary/aromatic N) is 1. The van der Waals surface area contributed by atoms with Crippen molar-refractivity contribution in [2.45, 2.75) is 25.8 Å². The molecule has 0 radical (unpaired) electrons. The van der Waals surface area contributed by atoms with Crippen LogP contribution in [0.4, 0.5) is 10.2 Å². The molecular formula is C12H17ClFN3O. The van der Waals surface area contributed by atoms with Gasteiger partial charge in [0.25, 0.3) is 0 Å². The minimum atomic E-state index is -0.410. The van der Waals surface area contributed by atoms with Gasteiger partial charge in [-0.1, -0.05) is 6.92 Å². The number of hydrogen-bond acceptors (Lipinski definition) is 3. The van der Waals surface area contributed by atoms with E-state index in [0.717, 1.165) is 25.6 Å². The molecule has 1 saturated heterocycles. The summed E-state index contributed by atoms with van der Waals surface area (Å²) in [7, 11) is 0. The Kier molecular flexibility index (Phi) is 5.50. The van der Waals surface area contributed by atoms with Crippen LogP contribution in [0.1, 0.15) is 19.8 Å². The smallest absolute Gasteiger partial charge is 0.242 e. The number of halogens is 2. The third-order valence-electron chi connectivity index (χ3n) is 2.96. The summed E-state index contributed by atoms with van der Waals surface area (Å²) in [5.74, 6) is 0.424. The molecule has 0 saturated carbocycles. The third-order valence-corrected chi connectivity index (χ3v) is 2.96. The van der Waals surface area contributed by atoms with Crippen LogP contribution >= 0.6 is 12.4 Å². The van der Waals surface area contributed by atoms with Crippen LogP contribution in [0.25, 0.3) is 0 Å². The van der Waals surface area contributed by atoms with Gasteiger partial charge in [-0.25, -0.2) is 9.37 Å². The Balaban J connectivity index is 0.00000162. The molecule has 1 amide bonds. The molecule has 4 nitrogen and oxygen atoms in total. The van der Waals surface area contributed by atoms with E-state index in [2.05, 4.69) is 22.5 Å². The van der Waals surface area contributed by atoms with Crippen LogP contribution in [-0.4, -0.2) is 23.5 Å². The van der Waals surface area contributed by atoms with Gasteiger partial charge < -0.3 is 10.6 Å². The van der Waals surface area contributed by atoms with Gasteiger partial charge in [0.05, 0.1) is 12.2 Å². The fraction of sp³-hybridized carbons (Fsp3) is 0.500. The Bertz CT molecular complexity index is 399. The van der Waals surface area contributed by atoms with Crippen LogP contribution in [-0.2, 0) is 4.79 Å². The first-order chi connectivity index (χ1) is 8.15. The first-order valence-electron chi connectivity index (χ1n) is 5.81. The average molecular weight is 274 g/mol. The molecule has 1 aromatic heterocycles. The van der Waals surface area contributed by atoms with Crippen LogP contribution < -0.4 is 10.6 Å². The second-order valence-corrected chi connectivity index (χ2v) is 4.49. The molecule has 2 rings (SSSR count). The summed E-state index contributed by atoms with van der Waals surface area (Å²) in [6.07, 6.45) is 3.01. The van der Waals surface area contributed by atoms with E-state index in [-0.39, 0.29) is 24.4 Å². The number of carbonyl (C=O) groups is 1. The Morgan fingerprint density at radius 1 is 1.56 bits per heavy atom. The second-order valence-electron chi connectivity index (χ2n) is 4.49. The molecule has 2 atom stereocenters. The van der Waals surface area contributed by atoms with E-state index in [1.807, 2.05) is 0 Å². The molecule has 2 unspecified atom stereocenters. The number of nitrogens with one attached hydrogen (secondary N) is 2. The summed E-state index contributed by atoms with van der Waals surface area (Å²) in [6.45, 7) is 2.99. The molecule has 100 valence electrons. The molecular weight excluding hydrogens is 257 g/mol. The lowest BCUT2D eigenvalue weighted by molar-refractivity contribution is -0.119. The van der Waals surface area contributed by atoms with Gasteiger partial charge in [0, 0.05) is 0 Å². The highest BCUT2D eigenvalue weighted by Gasteiger charge is 2.24. The van der Waals surface area contributed by atoms with Crippen molar-refractivity contribution in [2.75, 3.05) is 11.9 Å². The highest BCUT2D eigenvalue weighted by molar-refractivity contribution is 5.94. The Labute approximate surface area is 112 Å². The summed E-state index contributed by atoms with van der Waals surface area (Å²) in [6, 6.07) is 2.56. The van der Waals surface area contributed by atoms with Crippen molar-refractivity contribution in [2.24, 2.45) is 5.92 Å². The number of pyridine rings is 1.